The molecule has 1 saturated carbocycles. The highest BCUT2D eigenvalue weighted by Gasteiger charge is 2.34. The Bertz CT molecular complexity index is 612. The lowest BCUT2D eigenvalue weighted by atomic mass is 10.2. The van der Waals surface area contributed by atoms with Crippen molar-refractivity contribution in [2.45, 2.75) is 25.7 Å². The summed E-state index contributed by atoms with van der Waals surface area (Å²) in [5.74, 6) is 0.634. The van der Waals surface area contributed by atoms with E-state index < -0.39 is 5.97 Å². The number of nitrogens with zero attached hydrogens (tertiary/aromatic N) is 1. The van der Waals surface area contributed by atoms with Crippen molar-refractivity contribution in [3.8, 4) is 11.7 Å². The van der Waals surface area contributed by atoms with E-state index in [9.17, 15) is 4.79 Å². The number of carbonyl (C=O) groups excluding carboxylic acids is 1. The van der Waals surface area contributed by atoms with Crippen LogP contribution in [0.2, 0.25) is 5.22 Å². The quantitative estimate of drug-likeness (QED) is 0.801. The van der Waals surface area contributed by atoms with Crippen molar-refractivity contribution >= 4 is 17.6 Å². The van der Waals surface area contributed by atoms with Crippen LogP contribution in [0.15, 0.2) is 21.0 Å². The van der Waals surface area contributed by atoms with E-state index >= 15 is 0 Å². The monoisotopic (exact) mass is 281 g/mol. The maximum absolute atomic E-state index is 11.8. The molecule has 0 saturated heterocycles. The molecule has 2 heterocycles. The van der Waals surface area contributed by atoms with Crippen molar-refractivity contribution in [2.24, 2.45) is 0 Å². The Kier molecular flexibility index (Phi) is 3.06. The summed E-state index contributed by atoms with van der Waals surface area (Å²) in [7, 11) is 0. The summed E-state index contributed by atoms with van der Waals surface area (Å²) in [6.07, 6.45) is 2.02. The number of oxazole rings is 1. The van der Waals surface area contributed by atoms with Crippen LogP contribution in [0.25, 0.3) is 11.7 Å². The molecule has 2 aromatic heterocycles. The minimum Gasteiger partial charge on any atom is -0.460 e. The standard InChI is InChI=1S/C13H12ClNO4/c1-2-17-13(16)11-10(7-3-4-7)15-12(19-11)8-5-6-9(14)18-8/h5-7H,2-4H2,1H3. The number of rotatable bonds is 4. The van der Waals surface area contributed by atoms with Crippen molar-refractivity contribution in [3.63, 3.8) is 0 Å². The smallest absolute Gasteiger partial charge is 0.376 e. The Morgan fingerprint density at radius 1 is 1.47 bits per heavy atom. The van der Waals surface area contributed by atoms with E-state index in [4.69, 9.17) is 25.2 Å². The van der Waals surface area contributed by atoms with Gasteiger partial charge in [0.2, 0.25) is 5.76 Å². The Hall–Kier alpha value is -1.75. The van der Waals surface area contributed by atoms with Crippen LogP contribution in [0.5, 0.6) is 0 Å². The third-order valence-corrected chi connectivity index (χ3v) is 3.07. The molecule has 2 aromatic rings. The molecule has 100 valence electrons. The van der Waals surface area contributed by atoms with Gasteiger partial charge in [0.05, 0.1) is 12.3 Å². The van der Waals surface area contributed by atoms with Gasteiger partial charge >= 0.3 is 5.97 Å². The van der Waals surface area contributed by atoms with Crippen LogP contribution in [-0.2, 0) is 4.74 Å². The SMILES string of the molecule is CCOC(=O)c1oc(-c2ccc(Cl)o2)nc1C1CC1. The first-order valence-corrected chi connectivity index (χ1v) is 6.50. The van der Waals surface area contributed by atoms with E-state index in [-0.39, 0.29) is 22.8 Å². The van der Waals surface area contributed by atoms with E-state index in [1.165, 1.54) is 0 Å². The van der Waals surface area contributed by atoms with Crippen LogP contribution in [-0.4, -0.2) is 17.6 Å². The molecule has 0 unspecified atom stereocenters. The molecule has 6 heteroatoms. The van der Waals surface area contributed by atoms with E-state index in [1.807, 2.05) is 0 Å². The first-order valence-electron chi connectivity index (χ1n) is 6.12. The molecule has 3 rings (SSSR count). The highest BCUT2D eigenvalue weighted by molar-refractivity contribution is 6.28. The number of carbonyl (C=O) groups is 1. The molecule has 0 aromatic carbocycles. The first-order chi connectivity index (χ1) is 9.19. The molecule has 1 aliphatic carbocycles. The summed E-state index contributed by atoms with van der Waals surface area (Å²) in [6.45, 7) is 2.05. The van der Waals surface area contributed by atoms with Gasteiger partial charge in [0.15, 0.2) is 11.0 Å². The zero-order chi connectivity index (χ0) is 13.4. The third-order valence-electron chi connectivity index (χ3n) is 2.86. The fourth-order valence-electron chi connectivity index (χ4n) is 1.84. The van der Waals surface area contributed by atoms with Crippen LogP contribution < -0.4 is 0 Å². The molecule has 0 bridgehead atoms. The minimum atomic E-state index is -0.485. The summed E-state index contributed by atoms with van der Waals surface area (Å²) < 4.78 is 15.7. The van der Waals surface area contributed by atoms with Gasteiger partial charge in [-0.1, -0.05) is 0 Å². The number of ether oxygens (including phenoxy) is 1. The summed E-state index contributed by atoms with van der Waals surface area (Å²) in [5.41, 5.74) is 0.654. The van der Waals surface area contributed by atoms with Crippen LogP contribution in [0.1, 0.15) is 41.9 Å². The lowest BCUT2D eigenvalue weighted by Gasteiger charge is -1.98. The topological polar surface area (TPSA) is 65.5 Å². The fourth-order valence-corrected chi connectivity index (χ4v) is 1.99. The van der Waals surface area contributed by atoms with Gasteiger partial charge in [-0.05, 0) is 43.5 Å². The first kappa shape index (κ1) is 12.3. The number of esters is 1. The Morgan fingerprint density at radius 3 is 2.84 bits per heavy atom. The van der Waals surface area contributed by atoms with Gasteiger partial charge in [-0.2, -0.15) is 0 Å². The molecule has 0 N–H and O–H groups in total. The summed E-state index contributed by atoms with van der Waals surface area (Å²) in [6, 6.07) is 3.25. The number of hydrogen-bond acceptors (Lipinski definition) is 5. The van der Waals surface area contributed by atoms with Crippen molar-refractivity contribution in [2.75, 3.05) is 6.61 Å². The molecule has 5 nitrogen and oxygen atoms in total. The van der Waals surface area contributed by atoms with Gasteiger partial charge in [-0.3, -0.25) is 0 Å². The van der Waals surface area contributed by atoms with Crippen LogP contribution in [0.3, 0.4) is 0 Å². The molecule has 19 heavy (non-hydrogen) atoms. The zero-order valence-electron chi connectivity index (χ0n) is 10.3. The maximum Gasteiger partial charge on any atom is 0.376 e. The van der Waals surface area contributed by atoms with Crippen molar-refractivity contribution in [3.05, 3.63) is 28.8 Å². The summed E-state index contributed by atoms with van der Waals surface area (Å²) in [5, 5.41) is 0.249. The lowest BCUT2D eigenvalue weighted by Crippen LogP contribution is -2.05. The van der Waals surface area contributed by atoms with E-state index in [0.29, 0.717) is 18.1 Å². The average molecular weight is 282 g/mol. The van der Waals surface area contributed by atoms with Gasteiger partial charge in [0.25, 0.3) is 5.89 Å². The van der Waals surface area contributed by atoms with Crippen LogP contribution >= 0.6 is 11.6 Å². The molecule has 1 aliphatic rings. The van der Waals surface area contributed by atoms with Gasteiger partial charge in [-0.25, -0.2) is 9.78 Å². The predicted octanol–water partition coefficient (Wildman–Crippen LogP) is 3.64. The lowest BCUT2D eigenvalue weighted by molar-refractivity contribution is 0.0489. The molecule has 0 radical (unpaired) electrons. The number of aromatic nitrogens is 1. The van der Waals surface area contributed by atoms with Crippen LogP contribution in [0, 0.1) is 0 Å². The molecule has 0 spiro atoms. The van der Waals surface area contributed by atoms with Crippen molar-refractivity contribution < 1.29 is 18.4 Å². The second-order valence-electron chi connectivity index (χ2n) is 4.33. The summed E-state index contributed by atoms with van der Waals surface area (Å²) in [4.78, 5) is 16.2. The van der Waals surface area contributed by atoms with Gasteiger partial charge in [0, 0.05) is 5.92 Å². The van der Waals surface area contributed by atoms with E-state index in [1.54, 1.807) is 19.1 Å². The van der Waals surface area contributed by atoms with E-state index in [2.05, 4.69) is 4.98 Å². The highest BCUT2D eigenvalue weighted by Crippen LogP contribution is 2.42. The largest absolute Gasteiger partial charge is 0.460 e. The highest BCUT2D eigenvalue weighted by atomic mass is 35.5. The molecular formula is C13H12ClNO4. The van der Waals surface area contributed by atoms with Gasteiger partial charge in [-0.15, -0.1) is 0 Å². The number of furan rings is 1. The third kappa shape index (κ3) is 2.38. The minimum absolute atomic E-state index is 0.173. The normalized spacial score (nSPS) is 14.6. The maximum atomic E-state index is 11.8. The second-order valence-corrected chi connectivity index (χ2v) is 4.70. The second kappa shape index (κ2) is 4.74. The predicted molar refractivity (Wildman–Crippen MR) is 67.1 cm³/mol. The Labute approximate surface area is 114 Å². The zero-order valence-corrected chi connectivity index (χ0v) is 11.1. The number of halogens is 1. The molecule has 0 amide bonds. The van der Waals surface area contributed by atoms with Crippen molar-refractivity contribution in [1.82, 2.24) is 4.98 Å². The Balaban J connectivity index is 1.98. The number of hydrogen-bond donors (Lipinski definition) is 0. The molecule has 0 aliphatic heterocycles. The summed E-state index contributed by atoms with van der Waals surface area (Å²) >= 11 is 5.72. The van der Waals surface area contributed by atoms with Gasteiger partial charge < -0.3 is 13.6 Å². The van der Waals surface area contributed by atoms with Gasteiger partial charge in [0.1, 0.15) is 0 Å². The molecule has 1 fully saturated rings. The van der Waals surface area contributed by atoms with Crippen molar-refractivity contribution in [1.29, 1.82) is 0 Å². The Morgan fingerprint density at radius 2 is 2.26 bits per heavy atom. The van der Waals surface area contributed by atoms with E-state index in [0.717, 1.165) is 12.8 Å². The van der Waals surface area contributed by atoms with Crippen LogP contribution in [0.4, 0.5) is 0 Å². The fraction of sp³-hybridized carbons (Fsp3) is 0.385. The average Bonchev–Trinajstić information content (AvgIpc) is 2.98. The molecular weight excluding hydrogens is 270 g/mol. The molecule has 0 atom stereocenters.